The van der Waals surface area contributed by atoms with E-state index in [1.807, 2.05) is 18.3 Å². The van der Waals surface area contributed by atoms with E-state index in [4.69, 9.17) is 10.0 Å². The maximum absolute atomic E-state index is 13.5. The molecule has 3 N–H and O–H groups in total. The Morgan fingerprint density at radius 2 is 2.29 bits per heavy atom. The van der Waals surface area contributed by atoms with Gasteiger partial charge in [0.1, 0.15) is 17.6 Å². The van der Waals surface area contributed by atoms with Gasteiger partial charge in [-0.2, -0.15) is 5.26 Å². The fourth-order valence-electron chi connectivity index (χ4n) is 3.41. The number of anilines is 1. The zero-order chi connectivity index (χ0) is 19.8. The molecule has 0 bridgehead atoms. The van der Waals surface area contributed by atoms with Gasteiger partial charge in [-0.25, -0.2) is 9.11 Å². The molecular formula is C20H20FN5OS. The van der Waals surface area contributed by atoms with Crippen LogP contribution in [-0.4, -0.2) is 16.5 Å². The van der Waals surface area contributed by atoms with E-state index in [9.17, 15) is 9.18 Å². The first-order chi connectivity index (χ1) is 13.5. The number of aryl methyl sites for hydroxylation is 1. The van der Waals surface area contributed by atoms with E-state index < -0.39 is 16.7 Å². The Hall–Kier alpha value is -2.76. The number of nitrogens with one attached hydrogen (secondary N) is 3. The SMILES string of the molecule is Cn1cc2c(c1C(=O)Nc1ccc(F)c(C#N)c1)C=CC(CC1CC1)NS2=N. The minimum atomic E-state index is -0.918. The number of carbonyl (C=O) groups is 1. The zero-order valence-corrected chi connectivity index (χ0v) is 16.1. The van der Waals surface area contributed by atoms with Gasteiger partial charge < -0.3 is 9.88 Å². The summed E-state index contributed by atoms with van der Waals surface area (Å²) in [6.45, 7) is 0. The van der Waals surface area contributed by atoms with Crippen LogP contribution in [0.5, 0.6) is 0 Å². The van der Waals surface area contributed by atoms with Crippen LogP contribution in [-0.2, 0) is 17.9 Å². The van der Waals surface area contributed by atoms with Gasteiger partial charge >= 0.3 is 0 Å². The summed E-state index contributed by atoms with van der Waals surface area (Å²) >= 11 is 0. The molecule has 1 amide bonds. The summed E-state index contributed by atoms with van der Waals surface area (Å²) in [4.78, 5) is 13.7. The topological polar surface area (TPSA) is 93.7 Å². The highest BCUT2D eigenvalue weighted by Crippen LogP contribution is 2.35. The fraction of sp³-hybridized carbons (Fsp3) is 0.300. The largest absolute Gasteiger partial charge is 0.345 e. The first-order valence-corrected chi connectivity index (χ1v) is 10.3. The second-order valence-electron chi connectivity index (χ2n) is 7.20. The standard InChI is InChI=1S/C20H20FN5OS/c1-26-11-18-16(6-4-15(25-28(18)23)8-12-2-3-12)19(26)20(27)24-14-5-7-17(21)13(9-14)10-22/h4-7,9,11-12,15H,2-3,8H2,1H3,(H2,23,25)(H,24,27). The zero-order valence-electron chi connectivity index (χ0n) is 15.3. The average Bonchev–Trinajstić information content (AvgIpc) is 3.43. The highest BCUT2D eigenvalue weighted by Gasteiger charge is 2.28. The Morgan fingerprint density at radius 1 is 1.50 bits per heavy atom. The number of nitrogens with zero attached hydrogens (tertiary/aromatic N) is 2. The molecular weight excluding hydrogens is 377 g/mol. The van der Waals surface area contributed by atoms with Gasteiger partial charge in [-0.15, -0.1) is 0 Å². The number of carbonyl (C=O) groups excluding carboxylic acids is 1. The molecule has 0 spiro atoms. The van der Waals surface area contributed by atoms with Crippen LogP contribution in [0, 0.1) is 27.8 Å². The molecule has 6 nitrogen and oxygen atoms in total. The predicted octanol–water partition coefficient (Wildman–Crippen LogP) is 3.73. The summed E-state index contributed by atoms with van der Waals surface area (Å²) in [7, 11) is 0.848. The summed E-state index contributed by atoms with van der Waals surface area (Å²) in [6.07, 6.45) is 9.30. The second-order valence-corrected chi connectivity index (χ2v) is 8.48. The van der Waals surface area contributed by atoms with Crippen molar-refractivity contribution in [3.05, 3.63) is 53.1 Å². The Morgan fingerprint density at radius 3 is 3.00 bits per heavy atom. The normalized spacial score (nSPS) is 20.9. The number of rotatable bonds is 4. The molecule has 2 aromatic rings. The number of halogens is 1. The van der Waals surface area contributed by atoms with Crippen molar-refractivity contribution in [2.45, 2.75) is 30.2 Å². The molecule has 2 unspecified atom stereocenters. The van der Waals surface area contributed by atoms with E-state index in [1.165, 1.54) is 25.0 Å². The minimum Gasteiger partial charge on any atom is -0.345 e. The number of aromatic nitrogens is 1. The Labute approximate surface area is 165 Å². The second kappa shape index (κ2) is 7.34. The third-order valence-corrected chi connectivity index (χ3v) is 6.32. The lowest BCUT2D eigenvalue weighted by molar-refractivity contribution is 0.101. The van der Waals surface area contributed by atoms with Crippen LogP contribution in [0.2, 0.25) is 0 Å². The molecule has 144 valence electrons. The maximum atomic E-state index is 13.5. The molecule has 0 saturated heterocycles. The molecule has 28 heavy (non-hydrogen) atoms. The molecule has 1 aliphatic heterocycles. The van der Waals surface area contributed by atoms with Crippen molar-refractivity contribution in [2.24, 2.45) is 13.0 Å². The van der Waals surface area contributed by atoms with Gasteiger partial charge in [-0.05, 0) is 41.4 Å². The maximum Gasteiger partial charge on any atom is 0.272 e. The van der Waals surface area contributed by atoms with Gasteiger partial charge in [0.15, 0.2) is 0 Å². The molecule has 1 saturated carbocycles. The summed E-state index contributed by atoms with van der Waals surface area (Å²) in [5.41, 5.74) is 1.40. The van der Waals surface area contributed by atoms with Crippen LogP contribution >= 0.6 is 0 Å². The van der Waals surface area contributed by atoms with Crippen LogP contribution in [0.4, 0.5) is 10.1 Å². The molecule has 2 heterocycles. The van der Waals surface area contributed by atoms with Crippen LogP contribution in [0.25, 0.3) is 6.08 Å². The van der Waals surface area contributed by atoms with Crippen molar-refractivity contribution in [3.8, 4) is 6.07 Å². The minimum absolute atomic E-state index is 0.122. The van der Waals surface area contributed by atoms with Gasteiger partial charge in [-0.1, -0.05) is 25.0 Å². The van der Waals surface area contributed by atoms with Crippen molar-refractivity contribution in [3.63, 3.8) is 0 Å². The molecule has 1 aliphatic carbocycles. The van der Waals surface area contributed by atoms with Crippen LogP contribution in [0.3, 0.4) is 0 Å². The highest BCUT2D eigenvalue weighted by molar-refractivity contribution is 7.84. The molecule has 2 atom stereocenters. The Bertz CT molecular complexity index is 1050. The van der Waals surface area contributed by atoms with Crippen molar-refractivity contribution in [2.75, 3.05) is 5.32 Å². The van der Waals surface area contributed by atoms with E-state index in [1.54, 1.807) is 17.7 Å². The predicted molar refractivity (Wildman–Crippen MR) is 106 cm³/mol. The molecule has 8 heteroatoms. The van der Waals surface area contributed by atoms with Gasteiger partial charge in [-0.3, -0.25) is 9.57 Å². The summed E-state index contributed by atoms with van der Waals surface area (Å²) < 4.78 is 27.1. The summed E-state index contributed by atoms with van der Waals surface area (Å²) in [5, 5.41) is 11.7. The van der Waals surface area contributed by atoms with E-state index in [0.29, 0.717) is 11.4 Å². The van der Waals surface area contributed by atoms with Gasteiger partial charge in [0.2, 0.25) is 0 Å². The van der Waals surface area contributed by atoms with Crippen molar-refractivity contribution in [1.82, 2.24) is 9.29 Å². The smallest absolute Gasteiger partial charge is 0.272 e. The molecule has 4 rings (SSSR count). The number of fused-ring (bicyclic) bond motifs is 1. The van der Waals surface area contributed by atoms with E-state index >= 15 is 0 Å². The summed E-state index contributed by atoms with van der Waals surface area (Å²) in [6, 6.07) is 5.80. The lowest BCUT2D eigenvalue weighted by atomic mass is 10.1. The monoisotopic (exact) mass is 397 g/mol. The quantitative estimate of drug-likeness (QED) is 0.734. The Kier molecular flexibility index (Phi) is 4.87. The van der Waals surface area contributed by atoms with Crippen molar-refractivity contribution in [1.29, 1.82) is 10.0 Å². The molecule has 1 aromatic carbocycles. The first-order valence-electron chi connectivity index (χ1n) is 9.06. The molecule has 1 aromatic heterocycles. The van der Waals surface area contributed by atoms with Crippen LogP contribution in [0.15, 0.2) is 35.4 Å². The number of nitriles is 1. The number of hydrogen-bond donors (Lipinski definition) is 3. The lowest BCUT2D eigenvalue weighted by Crippen LogP contribution is -2.28. The third-order valence-electron chi connectivity index (χ3n) is 5.01. The number of benzene rings is 1. The fourth-order valence-corrected chi connectivity index (χ4v) is 4.66. The van der Waals surface area contributed by atoms with Crippen LogP contribution < -0.4 is 10.0 Å². The van der Waals surface area contributed by atoms with Gasteiger partial charge in [0, 0.05) is 30.5 Å². The van der Waals surface area contributed by atoms with Crippen LogP contribution in [0.1, 0.15) is 40.9 Å². The third kappa shape index (κ3) is 3.63. The first kappa shape index (κ1) is 18.6. The van der Waals surface area contributed by atoms with Crippen molar-refractivity contribution < 1.29 is 9.18 Å². The molecule has 2 aliphatic rings. The van der Waals surface area contributed by atoms with E-state index in [2.05, 4.69) is 10.0 Å². The number of hydrogen-bond acceptors (Lipinski definition) is 3. The van der Waals surface area contributed by atoms with E-state index in [-0.39, 0.29) is 17.5 Å². The Balaban J connectivity index is 1.63. The van der Waals surface area contributed by atoms with E-state index in [0.717, 1.165) is 28.9 Å². The summed E-state index contributed by atoms with van der Waals surface area (Å²) in [5.74, 6) is -0.248. The number of amides is 1. The van der Waals surface area contributed by atoms with Crippen molar-refractivity contribution >= 4 is 28.5 Å². The molecule has 0 radical (unpaired) electrons. The van der Waals surface area contributed by atoms with Gasteiger partial charge in [0.25, 0.3) is 5.91 Å². The lowest BCUT2D eigenvalue weighted by Gasteiger charge is -2.13. The molecule has 1 fully saturated rings. The highest BCUT2D eigenvalue weighted by atomic mass is 32.2. The van der Waals surface area contributed by atoms with Gasteiger partial charge in [0.05, 0.1) is 10.5 Å². The average molecular weight is 397 g/mol.